The highest BCUT2D eigenvalue weighted by Crippen LogP contribution is 2.38. The predicted molar refractivity (Wildman–Crippen MR) is 118 cm³/mol. The number of fused-ring (bicyclic) bond motifs is 1. The Kier molecular flexibility index (Phi) is 7.06. The molecule has 1 saturated heterocycles. The average Bonchev–Trinajstić information content (AvgIpc) is 3.26. The van der Waals surface area contributed by atoms with Crippen molar-refractivity contribution in [2.24, 2.45) is 0 Å². The maximum Gasteiger partial charge on any atom is 0.351 e. The molecule has 3 aromatic rings. The van der Waals surface area contributed by atoms with Crippen LogP contribution in [0.15, 0.2) is 53.5 Å². The van der Waals surface area contributed by atoms with E-state index in [0.29, 0.717) is 18.6 Å². The highest BCUT2D eigenvalue weighted by molar-refractivity contribution is 7.45. The smallest absolute Gasteiger partial charge is 0.351 e. The number of nitrogen functional groups attached to an aromatic ring is 1. The van der Waals surface area contributed by atoms with Gasteiger partial charge in [-0.3, -0.25) is 4.57 Å². The molecule has 1 aliphatic rings. The van der Waals surface area contributed by atoms with Crippen molar-refractivity contribution in [3.63, 3.8) is 0 Å². The van der Waals surface area contributed by atoms with Crippen LogP contribution in [0.25, 0.3) is 10.8 Å². The van der Waals surface area contributed by atoms with Crippen molar-refractivity contribution in [1.82, 2.24) is 14.6 Å². The number of benzene rings is 2. The van der Waals surface area contributed by atoms with Gasteiger partial charge in [0.15, 0.2) is 11.6 Å². The lowest BCUT2D eigenvalue weighted by molar-refractivity contribution is -0.106. The molecular weight excluding hydrogens is 438 g/mol. The number of halogens is 1. The first-order valence-electron chi connectivity index (χ1n) is 10.00. The van der Waals surface area contributed by atoms with Crippen molar-refractivity contribution in [3.8, 4) is 5.75 Å². The van der Waals surface area contributed by atoms with Crippen molar-refractivity contribution in [1.29, 1.82) is 0 Å². The van der Waals surface area contributed by atoms with Crippen molar-refractivity contribution < 1.29 is 23.0 Å². The molecule has 2 heterocycles. The number of carbonyl (C=O) groups excluding carboxylic acids is 1. The van der Waals surface area contributed by atoms with Gasteiger partial charge >= 0.3 is 14.2 Å². The molecule has 4 rings (SSSR count). The van der Waals surface area contributed by atoms with Gasteiger partial charge < -0.3 is 24.3 Å². The molecule has 2 aromatic carbocycles. The number of hydrogen-bond donors (Lipinski definition) is 2. The normalized spacial score (nSPS) is 19.2. The largest absolute Gasteiger partial charge is 0.436 e. The fraction of sp³-hybridized carbons (Fsp3) is 0.286. The van der Waals surface area contributed by atoms with Gasteiger partial charge in [-0.2, -0.15) is 4.98 Å². The molecule has 168 valence electrons. The maximum atomic E-state index is 13.7. The number of aromatic nitrogens is 2. The van der Waals surface area contributed by atoms with E-state index in [2.05, 4.69) is 10.1 Å². The highest BCUT2D eigenvalue weighted by Gasteiger charge is 2.29. The number of aldehydes is 1. The zero-order valence-electron chi connectivity index (χ0n) is 17.0. The minimum atomic E-state index is -1.62. The summed E-state index contributed by atoms with van der Waals surface area (Å²) in [6, 6.07) is 13.6. The number of nitrogens with zero attached hydrogens (tertiary/aromatic N) is 2. The summed E-state index contributed by atoms with van der Waals surface area (Å²) in [5.74, 6) is -0.617. The van der Waals surface area contributed by atoms with E-state index >= 15 is 0 Å². The number of nitrogens with two attached hydrogens (primary N) is 1. The van der Waals surface area contributed by atoms with Crippen molar-refractivity contribution in [2.45, 2.75) is 25.2 Å². The number of carbonyl (C=O) groups is 1. The SMILES string of the molecule is Nc1nc(=O)n(C2CCC(COP(NCC=O)Oc3ccc4ccccc4c3)O2)cc1F. The van der Waals surface area contributed by atoms with E-state index in [4.69, 9.17) is 19.5 Å². The first-order valence-corrected chi connectivity index (χ1v) is 11.2. The summed E-state index contributed by atoms with van der Waals surface area (Å²) < 4.78 is 32.4. The molecule has 3 atom stereocenters. The summed E-state index contributed by atoms with van der Waals surface area (Å²) in [4.78, 5) is 26.3. The molecule has 32 heavy (non-hydrogen) atoms. The van der Waals surface area contributed by atoms with Crippen molar-refractivity contribution in [2.75, 3.05) is 18.9 Å². The summed E-state index contributed by atoms with van der Waals surface area (Å²) >= 11 is 0. The van der Waals surface area contributed by atoms with Crippen LogP contribution in [0.5, 0.6) is 5.75 Å². The van der Waals surface area contributed by atoms with Gasteiger partial charge in [0, 0.05) is 0 Å². The lowest BCUT2D eigenvalue weighted by Gasteiger charge is -2.20. The van der Waals surface area contributed by atoms with E-state index in [9.17, 15) is 14.0 Å². The summed E-state index contributed by atoms with van der Waals surface area (Å²) in [5, 5.41) is 5.03. The van der Waals surface area contributed by atoms with Crippen LogP contribution in [0.1, 0.15) is 19.1 Å². The molecule has 9 nitrogen and oxygen atoms in total. The van der Waals surface area contributed by atoms with Crippen molar-refractivity contribution >= 4 is 31.4 Å². The van der Waals surface area contributed by atoms with Crippen LogP contribution in [0.3, 0.4) is 0 Å². The predicted octanol–water partition coefficient (Wildman–Crippen LogP) is 2.91. The number of nitrogens with one attached hydrogen (secondary N) is 1. The Balaban J connectivity index is 1.37. The average molecular weight is 460 g/mol. The van der Waals surface area contributed by atoms with Crippen LogP contribution in [0, 0.1) is 5.82 Å². The van der Waals surface area contributed by atoms with E-state index < -0.39 is 32.1 Å². The second-order valence-electron chi connectivity index (χ2n) is 7.14. The fourth-order valence-corrected chi connectivity index (χ4v) is 4.40. The van der Waals surface area contributed by atoms with Gasteiger partial charge in [0.2, 0.25) is 0 Å². The van der Waals surface area contributed by atoms with Crippen molar-refractivity contribution in [3.05, 3.63) is 65.0 Å². The van der Waals surface area contributed by atoms with E-state index in [1.807, 2.05) is 42.5 Å². The molecule has 0 saturated carbocycles. The van der Waals surface area contributed by atoms with E-state index in [1.54, 1.807) is 0 Å². The topological polar surface area (TPSA) is 118 Å². The third kappa shape index (κ3) is 5.28. The van der Waals surface area contributed by atoms with Crippen LogP contribution in [0.2, 0.25) is 0 Å². The first-order chi connectivity index (χ1) is 15.5. The van der Waals surface area contributed by atoms with Gasteiger partial charge in [-0.25, -0.2) is 14.3 Å². The summed E-state index contributed by atoms with van der Waals surface area (Å²) in [6.45, 7) is 0.237. The summed E-state index contributed by atoms with van der Waals surface area (Å²) in [6.07, 6.45) is 1.81. The third-order valence-electron chi connectivity index (χ3n) is 4.92. The second-order valence-corrected chi connectivity index (χ2v) is 8.41. The van der Waals surface area contributed by atoms with Crippen LogP contribution < -0.4 is 21.0 Å². The van der Waals surface area contributed by atoms with E-state index in [-0.39, 0.29) is 19.3 Å². The Labute approximate surface area is 184 Å². The number of hydrogen-bond acceptors (Lipinski definition) is 8. The molecule has 1 fully saturated rings. The van der Waals surface area contributed by atoms with E-state index in [1.165, 1.54) is 0 Å². The monoisotopic (exact) mass is 460 g/mol. The summed E-state index contributed by atoms with van der Waals surface area (Å²) in [7, 11) is -1.62. The molecule has 1 aromatic heterocycles. The highest BCUT2D eigenvalue weighted by atomic mass is 31.2. The van der Waals surface area contributed by atoms with Gasteiger partial charge in [-0.15, -0.1) is 0 Å². The Morgan fingerprint density at radius 2 is 2.09 bits per heavy atom. The van der Waals surface area contributed by atoms with Gasteiger partial charge in [-0.1, -0.05) is 30.3 Å². The lowest BCUT2D eigenvalue weighted by atomic mass is 10.1. The van der Waals surface area contributed by atoms with Crippen LogP contribution in [0.4, 0.5) is 10.2 Å². The van der Waals surface area contributed by atoms with Crippen LogP contribution >= 0.6 is 8.53 Å². The zero-order chi connectivity index (χ0) is 22.5. The first kappa shape index (κ1) is 22.3. The van der Waals surface area contributed by atoms with Gasteiger partial charge in [0.05, 0.1) is 25.5 Å². The minimum Gasteiger partial charge on any atom is -0.436 e. The van der Waals surface area contributed by atoms with Gasteiger partial charge in [0.1, 0.15) is 18.3 Å². The molecule has 0 aliphatic carbocycles. The van der Waals surface area contributed by atoms with Crippen LogP contribution in [-0.4, -0.2) is 35.1 Å². The molecule has 3 unspecified atom stereocenters. The molecule has 0 radical (unpaired) electrons. The Hall–Kier alpha value is -2.91. The molecular formula is C21H22FN4O5P. The lowest BCUT2D eigenvalue weighted by Crippen LogP contribution is -2.29. The quantitative estimate of drug-likeness (QED) is 0.370. The van der Waals surface area contributed by atoms with Gasteiger partial charge in [0.25, 0.3) is 0 Å². The third-order valence-corrected chi connectivity index (χ3v) is 6.12. The maximum absolute atomic E-state index is 13.7. The minimum absolute atomic E-state index is 0.0687. The Bertz CT molecular complexity index is 1160. The zero-order valence-corrected chi connectivity index (χ0v) is 17.9. The van der Waals surface area contributed by atoms with E-state index in [0.717, 1.165) is 27.8 Å². The fourth-order valence-electron chi connectivity index (χ4n) is 3.36. The Morgan fingerprint density at radius 1 is 1.28 bits per heavy atom. The molecule has 3 N–H and O–H groups in total. The molecule has 0 amide bonds. The second kappa shape index (κ2) is 10.1. The van der Waals surface area contributed by atoms with Gasteiger partial charge in [-0.05, 0) is 35.7 Å². The number of anilines is 1. The molecule has 11 heteroatoms. The standard InChI is InChI=1S/C21H22FN4O5P/c22-18-12-26(21(28)25-20(18)23)19-8-7-17(30-19)13-29-32(24-9-10-27)31-16-6-5-14-3-1-2-4-15(14)11-16/h1-6,10-12,17,19,24H,7-9,13H2,(H2,23,25,28). The molecule has 1 aliphatic heterocycles. The van der Waals surface area contributed by atoms with Crippen LogP contribution in [-0.2, 0) is 14.1 Å². The molecule has 0 spiro atoms. The number of rotatable bonds is 9. The number of ether oxygens (including phenoxy) is 1. The summed E-state index contributed by atoms with van der Waals surface area (Å²) in [5.41, 5.74) is 4.65. The Morgan fingerprint density at radius 3 is 2.91 bits per heavy atom. The molecule has 0 bridgehead atoms.